The van der Waals surface area contributed by atoms with E-state index < -0.39 is 41.0 Å². The smallest absolute Gasteiger partial charge is 0.417 e. The molecule has 0 aliphatic rings. The number of alkyl halides is 3. The van der Waals surface area contributed by atoms with Crippen molar-refractivity contribution >= 4 is 11.9 Å². The van der Waals surface area contributed by atoms with Gasteiger partial charge in [-0.2, -0.15) is 13.2 Å². The molecule has 8 heteroatoms. The number of benzene rings is 2. The van der Waals surface area contributed by atoms with Crippen molar-refractivity contribution in [3.8, 4) is 0 Å². The van der Waals surface area contributed by atoms with E-state index in [4.69, 9.17) is 0 Å². The van der Waals surface area contributed by atoms with Crippen molar-refractivity contribution in [3.63, 3.8) is 0 Å². The number of amides is 1. The highest BCUT2D eigenvalue weighted by Gasteiger charge is 2.35. The molecule has 4 nitrogen and oxygen atoms in total. The van der Waals surface area contributed by atoms with Gasteiger partial charge in [0.25, 0.3) is 5.91 Å². The van der Waals surface area contributed by atoms with Crippen LogP contribution in [0.3, 0.4) is 0 Å². The van der Waals surface area contributed by atoms with Gasteiger partial charge in [-0.15, -0.1) is 0 Å². The van der Waals surface area contributed by atoms with E-state index in [0.717, 1.165) is 25.3 Å². The number of rotatable bonds is 5. The van der Waals surface area contributed by atoms with E-state index in [1.807, 2.05) is 0 Å². The first kappa shape index (κ1) is 19.4. The summed E-state index contributed by atoms with van der Waals surface area (Å²) >= 11 is 0. The lowest BCUT2D eigenvalue weighted by Crippen LogP contribution is -2.43. The van der Waals surface area contributed by atoms with Crippen LogP contribution in [0.1, 0.15) is 21.5 Å². The van der Waals surface area contributed by atoms with Crippen LogP contribution in [-0.2, 0) is 22.1 Å². The second-order valence-corrected chi connectivity index (χ2v) is 5.42. The van der Waals surface area contributed by atoms with Crippen LogP contribution in [0, 0.1) is 5.82 Å². The number of methoxy groups -OCH3 is 1. The van der Waals surface area contributed by atoms with E-state index in [1.54, 1.807) is 0 Å². The molecule has 0 saturated heterocycles. The topological polar surface area (TPSA) is 55.4 Å². The number of nitrogens with one attached hydrogen (secondary N) is 1. The molecule has 0 radical (unpaired) electrons. The number of carbonyl (C=O) groups excluding carboxylic acids is 2. The Labute approximate surface area is 146 Å². The minimum Gasteiger partial charge on any atom is -0.467 e. The Morgan fingerprint density at radius 3 is 2.27 bits per heavy atom. The van der Waals surface area contributed by atoms with Crippen molar-refractivity contribution < 1.29 is 31.9 Å². The van der Waals surface area contributed by atoms with Crippen LogP contribution < -0.4 is 5.32 Å². The van der Waals surface area contributed by atoms with Gasteiger partial charge in [-0.05, 0) is 29.8 Å². The van der Waals surface area contributed by atoms with E-state index in [1.165, 1.54) is 30.3 Å². The van der Waals surface area contributed by atoms with E-state index in [0.29, 0.717) is 5.56 Å². The van der Waals surface area contributed by atoms with Crippen molar-refractivity contribution in [1.82, 2.24) is 5.32 Å². The van der Waals surface area contributed by atoms with Crippen LogP contribution in [0.2, 0.25) is 0 Å². The van der Waals surface area contributed by atoms with Gasteiger partial charge >= 0.3 is 12.1 Å². The van der Waals surface area contributed by atoms with E-state index in [2.05, 4.69) is 10.1 Å². The quantitative estimate of drug-likeness (QED) is 0.650. The zero-order valence-corrected chi connectivity index (χ0v) is 13.6. The average molecular weight is 369 g/mol. The molecule has 138 valence electrons. The first-order valence-electron chi connectivity index (χ1n) is 7.51. The molecular formula is C18H15F4NO3. The van der Waals surface area contributed by atoms with Gasteiger partial charge in [-0.1, -0.05) is 24.3 Å². The van der Waals surface area contributed by atoms with Gasteiger partial charge in [0.2, 0.25) is 0 Å². The van der Waals surface area contributed by atoms with Crippen molar-refractivity contribution in [1.29, 1.82) is 0 Å². The summed E-state index contributed by atoms with van der Waals surface area (Å²) in [5.74, 6) is -2.37. The molecule has 1 amide bonds. The maximum absolute atomic E-state index is 13.0. The number of carbonyl (C=O) groups is 2. The normalized spacial score (nSPS) is 12.3. The average Bonchev–Trinajstić information content (AvgIpc) is 2.61. The van der Waals surface area contributed by atoms with E-state index in [-0.39, 0.29) is 6.42 Å². The fourth-order valence-electron chi connectivity index (χ4n) is 2.36. The second kappa shape index (κ2) is 7.99. The van der Waals surface area contributed by atoms with Gasteiger partial charge in [0, 0.05) is 6.42 Å². The molecule has 0 aromatic heterocycles. The second-order valence-electron chi connectivity index (χ2n) is 5.42. The maximum Gasteiger partial charge on any atom is 0.417 e. The fraction of sp³-hybridized carbons (Fsp3) is 0.222. The Kier molecular flexibility index (Phi) is 5.97. The predicted octanol–water partition coefficient (Wildman–Crippen LogP) is 3.36. The highest BCUT2D eigenvalue weighted by molar-refractivity contribution is 5.98. The summed E-state index contributed by atoms with van der Waals surface area (Å²) in [5.41, 5.74) is -1.21. The number of esters is 1. The summed E-state index contributed by atoms with van der Waals surface area (Å²) in [6.07, 6.45) is -4.78. The summed E-state index contributed by atoms with van der Waals surface area (Å²) in [4.78, 5) is 24.2. The van der Waals surface area contributed by atoms with Crippen LogP contribution in [0.5, 0.6) is 0 Å². The molecule has 0 aliphatic heterocycles. The first-order valence-corrected chi connectivity index (χ1v) is 7.51. The van der Waals surface area contributed by atoms with Crippen LogP contribution in [0.4, 0.5) is 17.6 Å². The Bertz CT molecular complexity index is 788. The molecule has 0 saturated carbocycles. The SMILES string of the molecule is COC(=O)[C@H](Cc1ccc(F)cc1)NC(=O)c1ccccc1C(F)(F)F. The highest BCUT2D eigenvalue weighted by Crippen LogP contribution is 2.31. The molecule has 0 unspecified atom stereocenters. The summed E-state index contributed by atoms with van der Waals surface area (Å²) < 4.78 is 56.7. The Morgan fingerprint density at radius 1 is 1.08 bits per heavy atom. The van der Waals surface area contributed by atoms with Crippen LogP contribution in [-0.4, -0.2) is 25.0 Å². The largest absolute Gasteiger partial charge is 0.467 e. The third kappa shape index (κ3) is 4.81. The van der Waals surface area contributed by atoms with Gasteiger partial charge in [0.05, 0.1) is 18.2 Å². The van der Waals surface area contributed by atoms with Crippen molar-refractivity contribution in [2.75, 3.05) is 7.11 Å². The first-order chi connectivity index (χ1) is 12.2. The summed E-state index contributed by atoms with van der Waals surface area (Å²) in [6, 6.07) is 8.18. The van der Waals surface area contributed by atoms with Crippen LogP contribution >= 0.6 is 0 Å². The molecule has 26 heavy (non-hydrogen) atoms. The van der Waals surface area contributed by atoms with Gasteiger partial charge in [0.15, 0.2) is 0 Å². The van der Waals surface area contributed by atoms with Crippen molar-refractivity contribution in [3.05, 3.63) is 71.0 Å². The van der Waals surface area contributed by atoms with Crippen LogP contribution in [0.15, 0.2) is 48.5 Å². The Balaban J connectivity index is 2.25. The standard InChI is InChI=1S/C18H15F4NO3/c1-26-17(25)15(10-11-6-8-12(19)9-7-11)23-16(24)13-4-2-3-5-14(13)18(20,21)22/h2-9,15H,10H2,1H3,(H,23,24)/t15-/m0/s1. The number of halogens is 4. The molecule has 2 aromatic carbocycles. The maximum atomic E-state index is 13.0. The minimum absolute atomic E-state index is 0.0626. The molecule has 2 aromatic rings. The molecule has 0 fully saturated rings. The Hall–Kier alpha value is -2.90. The van der Waals surface area contributed by atoms with Gasteiger partial charge in [0.1, 0.15) is 11.9 Å². The predicted molar refractivity (Wildman–Crippen MR) is 84.8 cm³/mol. The molecule has 0 bridgehead atoms. The third-order valence-electron chi connectivity index (χ3n) is 3.62. The number of hydrogen-bond donors (Lipinski definition) is 1. The van der Waals surface area contributed by atoms with Gasteiger partial charge in [-0.3, -0.25) is 4.79 Å². The molecule has 1 atom stereocenters. The lowest BCUT2D eigenvalue weighted by molar-refractivity contribution is -0.142. The zero-order chi connectivity index (χ0) is 19.3. The molecule has 2 rings (SSSR count). The van der Waals surface area contributed by atoms with Crippen LogP contribution in [0.25, 0.3) is 0 Å². The lowest BCUT2D eigenvalue weighted by Gasteiger charge is -2.18. The number of ether oxygens (including phenoxy) is 1. The van der Waals surface area contributed by atoms with Gasteiger partial charge < -0.3 is 10.1 Å². The highest BCUT2D eigenvalue weighted by atomic mass is 19.4. The zero-order valence-electron chi connectivity index (χ0n) is 13.6. The summed E-state index contributed by atoms with van der Waals surface area (Å²) in [5, 5.41) is 2.25. The van der Waals surface area contributed by atoms with E-state index in [9.17, 15) is 27.2 Å². The molecule has 0 spiro atoms. The lowest BCUT2D eigenvalue weighted by atomic mass is 10.0. The molecule has 1 N–H and O–H groups in total. The summed E-state index contributed by atoms with van der Waals surface area (Å²) in [6.45, 7) is 0. The number of hydrogen-bond acceptors (Lipinski definition) is 3. The fourth-order valence-corrected chi connectivity index (χ4v) is 2.36. The molecular weight excluding hydrogens is 354 g/mol. The van der Waals surface area contributed by atoms with Gasteiger partial charge in [-0.25, -0.2) is 9.18 Å². The Morgan fingerprint density at radius 2 is 1.69 bits per heavy atom. The molecule has 0 aliphatic carbocycles. The molecule has 0 heterocycles. The monoisotopic (exact) mass is 369 g/mol. The minimum atomic E-state index is -4.72. The summed E-state index contributed by atoms with van der Waals surface area (Å²) in [7, 11) is 1.09. The van der Waals surface area contributed by atoms with Crippen molar-refractivity contribution in [2.24, 2.45) is 0 Å². The van der Waals surface area contributed by atoms with Crippen molar-refractivity contribution in [2.45, 2.75) is 18.6 Å². The third-order valence-corrected chi connectivity index (χ3v) is 3.62. The van der Waals surface area contributed by atoms with E-state index >= 15 is 0 Å².